The number of nitrogens with zero attached hydrogens (tertiary/aromatic N) is 2. The minimum Gasteiger partial charge on any atom is -0.366 e. The van der Waals surface area contributed by atoms with Crippen LogP contribution in [-0.2, 0) is 0 Å². The van der Waals surface area contributed by atoms with Crippen LogP contribution in [0.4, 0.5) is 10.2 Å². The summed E-state index contributed by atoms with van der Waals surface area (Å²) in [6.45, 7) is 2.20. The van der Waals surface area contributed by atoms with E-state index in [2.05, 4.69) is 22.2 Å². The Hall–Kier alpha value is -1.19. The third kappa shape index (κ3) is 1.94. The molecule has 1 fully saturated rings. The Morgan fingerprint density at radius 1 is 1.46 bits per heavy atom. The molecule has 1 N–H and O–H groups in total. The summed E-state index contributed by atoms with van der Waals surface area (Å²) in [5.41, 5.74) is 0. The van der Waals surface area contributed by atoms with E-state index in [0.29, 0.717) is 11.9 Å². The molecule has 0 radical (unpaired) electrons. The van der Waals surface area contributed by atoms with E-state index < -0.39 is 5.95 Å². The van der Waals surface area contributed by atoms with Gasteiger partial charge < -0.3 is 5.32 Å². The van der Waals surface area contributed by atoms with Gasteiger partial charge in [-0.05, 0) is 18.8 Å². The second-order valence-corrected chi connectivity index (χ2v) is 3.64. The molecular formula is C9H12FN3. The Bertz CT molecular complexity index is 297. The molecule has 1 heterocycles. The van der Waals surface area contributed by atoms with Crippen molar-refractivity contribution < 1.29 is 4.39 Å². The monoisotopic (exact) mass is 181 g/mol. The second-order valence-electron chi connectivity index (χ2n) is 3.64. The Balaban J connectivity index is 1.94. The fourth-order valence-corrected chi connectivity index (χ4v) is 1.64. The second kappa shape index (κ2) is 3.28. The van der Waals surface area contributed by atoms with Crippen molar-refractivity contribution in [3.8, 4) is 0 Å². The number of rotatable bonds is 2. The quantitative estimate of drug-likeness (QED) is 0.756. The van der Waals surface area contributed by atoms with E-state index in [1.54, 1.807) is 6.20 Å². The zero-order chi connectivity index (χ0) is 9.26. The van der Waals surface area contributed by atoms with Crippen molar-refractivity contribution in [3.05, 3.63) is 18.3 Å². The molecule has 1 aromatic heterocycles. The van der Waals surface area contributed by atoms with Crippen LogP contribution in [0.3, 0.4) is 0 Å². The van der Waals surface area contributed by atoms with Gasteiger partial charge in [-0.2, -0.15) is 9.37 Å². The lowest BCUT2D eigenvalue weighted by Crippen LogP contribution is -2.34. The molecule has 0 bridgehead atoms. The first-order valence-electron chi connectivity index (χ1n) is 4.48. The molecule has 0 atom stereocenters. The topological polar surface area (TPSA) is 37.8 Å². The van der Waals surface area contributed by atoms with Crippen molar-refractivity contribution >= 4 is 5.82 Å². The molecule has 0 spiro atoms. The number of hydrogen-bond donors (Lipinski definition) is 1. The fraction of sp³-hybridized carbons (Fsp3) is 0.556. The lowest BCUT2D eigenvalue weighted by atomic mass is 9.82. The van der Waals surface area contributed by atoms with Crippen molar-refractivity contribution in [3.63, 3.8) is 0 Å². The molecule has 1 aliphatic rings. The molecular weight excluding hydrogens is 169 g/mol. The number of hydrogen-bond acceptors (Lipinski definition) is 3. The minimum atomic E-state index is -0.530. The summed E-state index contributed by atoms with van der Waals surface area (Å²) in [5, 5.41) is 3.14. The zero-order valence-electron chi connectivity index (χ0n) is 7.50. The van der Waals surface area contributed by atoms with Crippen LogP contribution in [0, 0.1) is 11.9 Å². The summed E-state index contributed by atoms with van der Waals surface area (Å²) < 4.78 is 12.6. The normalized spacial score (nSPS) is 26.6. The number of halogens is 1. The average Bonchev–Trinajstić information content (AvgIpc) is 2.01. The standard InChI is InChI=1S/C9H12FN3/c1-6-2-7(3-6)12-9-5-11-4-8(10)13-9/h4-7H,2-3H2,1H3,(H,12,13). The van der Waals surface area contributed by atoms with Crippen LogP contribution in [0.2, 0.25) is 0 Å². The van der Waals surface area contributed by atoms with Gasteiger partial charge in [0.2, 0.25) is 5.95 Å². The molecule has 0 aromatic carbocycles. The van der Waals surface area contributed by atoms with E-state index in [4.69, 9.17) is 0 Å². The fourth-order valence-electron chi connectivity index (χ4n) is 1.64. The van der Waals surface area contributed by atoms with Gasteiger partial charge in [0.05, 0.1) is 12.4 Å². The van der Waals surface area contributed by atoms with Gasteiger partial charge >= 0.3 is 0 Å². The Morgan fingerprint density at radius 2 is 2.23 bits per heavy atom. The number of aromatic nitrogens is 2. The molecule has 4 heteroatoms. The average molecular weight is 181 g/mol. The number of nitrogens with one attached hydrogen (secondary N) is 1. The molecule has 1 saturated carbocycles. The molecule has 1 aliphatic carbocycles. The molecule has 70 valence electrons. The van der Waals surface area contributed by atoms with Crippen LogP contribution in [0.15, 0.2) is 12.4 Å². The van der Waals surface area contributed by atoms with Gasteiger partial charge in [-0.15, -0.1) is 0 Å². The third-order valence-corrected chi connectivity index (χ3v) is 2.33. The minimum absolute atomic E-state index is 0.450. The maximum atomic E-state index is 12.6. The first-order chi connectivity index (χ1) is 6.24. The van der Waals surface area contributed by atoms with E-state index in [1.807, 2.05) is 0 Å². The van der Waals surface area contributed by atoms with Gasteiger partial charge in [-0.25, -0.2) is 0 Å². The first-order valence-corrected chi connectivity index (χ1v) is 4.48. The molecule has 13 heavy (non-hydrogen) atoms. The number of anilines is 1. The van der Waals surface area contributed by atoms with Gasteiger partial charge in [-0.1, -0.05) is 6.92 Å². The van der Waals surface area contributed by atoms with Crippen LogP contribution in [0.25, 0.3) is 0 Å². The molecule has 0 aliphatic heterocycles. The highest BCUT2D eigenvalue weighted by Crippen LogP contribution is 2.28. The summed E-state index contributed by atoms with van der Waals surface area (Å²) in [6.07, 6.45) is 4.93. The van der Waals surface area contributed by atoms with Gasteiger partial charge in [0.25, 0.3) is 0 Å². The van der Waals surface area contributed by atoms with Crippen LogP contribution in [0.1, 0.15) is 19.8 Å². The lowest BCUT2D eigenvalue weighted by molar-refractivity contribution is 0.308. The summed E-state index contributed by atoms with van der Waals surface area (Å²) in [6, 6.07) is 0.450. The molecule has 0 amide bonds. The Kier molecular flexibility index (Phi) is 2.12. The van der Waals surface area contributed by atoms with Crippen LogP contribution in [-0.4, -0.2) is 16.0 Å². The van der Waals surface area contributed by atoms with Crippen molar-refractivity contribution in [1.82, 2.24) is 9.97 Å². The summed E-state index contributed by atoms with van der Waals surface area (Å²) in [7, 11) is 0. The van der Waals surface area contributed by atoms with E-state index in [-0.39, 0.29) is 0 Å². The summed E-state index contributed by atoms with van der Waals surface area (Å²) in [4.78, 5) is 7.39. The van der Waals surface area contributed by atoms with E-state index in [0.717, 1.165) is 25.0 Å². The molecule has 1 aromatic rings. The SMILES string of the molecule is CC1CC(Nc2cncc(F)n2)C1. The van der Waals surface area contributed by atoms with Crippen LogP contribution < -0.4 is 5.32 Å². The van der Waals surface area contributed by atoms with E-state index in [1.165, 1.54) is 0 Å². The molecule has 0 saturated heterocycles. The van der Waals surface area contributed by atoms with Crippen molar-refractivity contribution in [2.24, 2.45) is 5.92 Å². The van der Waals surface area contributed by atoms with E-state index >= 15 is 0 Å². The first kappa shape index (κ1) is 8.41. The lowest BCUT2D eigenvalue weighted by Gasteiger charge is -2.33. The van der Waals surface area contributed by atoms with Crippen molar-refractivity contribution in [1.29, 1.82) is 0 Å². The van der Waals surface area contributed by atoms with Gasteiger partial charge in [0, 0.05) is 6.04 Å². The van der Waals surface area contributed by atoms with Crippen molar-refractivity contribution in [2.45, 2.75) is 25.8 Å². The van der Waals surface area contributed by atoms with Gasteiger partial charge in [-0.3, -0.25) is 4.98 Å². The smallest absolute Gasteiger partial charge is 0.233 e. The van der Waals surface area contributed by atoms with Crippen LogP contribution >= 0.6 is 0 Å². The highest BCUT2D eigenvalue weighted by molar-refractivity contribution is 5.32. The maximum absolute atomic E-state index is 12.6. The molecule has 2 rings (SSSR count). The van der Waals surface area contributed by atoms with Gasteiger partial charge in [0.15, 0.2) is 0 Å². The van der Waals surface area contributed by atoms with Gasteiger partial charge in [0.1, 0.15) is 5.82 Å². The highest BCUT2D eigenvalue weighted by atomic mass is 19.1. The highest BCUT2D eigenvalue weighted by Gasteiger charge is 2.25. The Morgan fingerprint density at radius 3 is 2.85 bits per heavy atom. The molecule has 0 unspecified atom stereocenters. The Labute approximate surface area is 76.4 Å². The molecule has 3 nitrogen and oxygen atoms in total. The summed E-state index contributed by atoms with van der Waals surface area (Å²) >= 11 is 0. The largest absolute Gasteiger partial charge is 0.366 e. The zero-order valence-corrected chi connectivity index (χ0v) is 7.50. The third-order valence-electron chi connectivity index (χ3n) is 2.33. The predicted octanol–water partition coefficient (Wildman–Crippen LogP) is 1.83. The van der Waals surface area contributed by atoms with E-state index in [9.17, 15) is 4.39 Å². The van der Waals surface area contributed by atoms with Crippen LogP contribution in [0.5, 0.6) is 0 Å². The predicted molar refractivity (Wildman–Crippen MR) is 47.8 cm³/mol. The summed E-state index contributed by atoms with van der Waals surface area (Å²) in [5.74, 6) is 0.785. The maximum Gasteiger partial charge on any atom is 0.233 e. The van der Waals surface area contributed by atoms with Crippen molar-refractivity contribution in [2.75, 3.05) is 5.32 Å².